The van der Waals surface area contributed by atoms with E-state index < -0.39 is 63.8 Å². The lowest BCUT2D eigenvalue weighted by molar-refractivity contribution is -0.252. The molecule has 8 fully saturated rings. The summed E-state index contributed by atoms with van der Waals surface area (Å²) in [6.45, 7) is 10.6. The molecule has 1 aromatic rings. The summed E-state index contributed by atoms with van der Waals surface area (Å²) in [6.07, 6.45) is 9.42. The molecule has 11 nitrogen and oxygen atoms in total. The summed E-state index contributed by atoms with van der Waals surface area (Å²) < 4.78 is 32.1. The molecule has 0 radical (unpaired) electrons. The van der Waals surface area contributed by atoms with Gasteiger partial charge in [0.05, 0.1) is 30.3 Å². The molecule has 52 heavy (non-hydrogen) atoms. The molecule has 3 N–H and O–H groups in total. The van der Waals surface area contributed by atoms with E-state index in [4.69, 9.17) is 23.4 Å². The number of cyclic esters (lactones) is 2. The maximum Gasteiger partial charge on any atom is 0.339 e. The lowest BCUT2D eigenvalue weighted by Crippen LogP contribution is -2.76. The first-order valence-corrected chi connectivity index (χ1v) is 20.4. The van der Waals surface area contributed by atoms with Crippen molar-refractivity contribution < 1.29 is 42.9 Å². The minimum atomic E-state index is -1.38. The molecule has 13 atom stereocenters. The number of hydrogen-bond donors (Lipinski definition) is 3. The Morgan fingerprint density at radius 1 is 1.02 bits per heavy atom. The largest absolute Gasteiger partial charge is 0.469 e. The van der Waals surface area contributed by atoms with Crippen molar-refractivity contribution in [2.24, 2.45) is 39.9 Å². The molecule has 5 aliphatic heterocycles. The fourth-order valence-electron chi connectivity index (χ4n) is 13.5. The van der Waals surface area contributed by atoms with Gasteiger partial charge in [0.15, 0.2) is 11.9 Å². The van der Waals surface area contributed by atoms with Gasteiger partial charge in [-0.2, -0.15) is 0 Å². The van der Waals surface area contributed by atoms with Crippen LogP contribution >= 0.6 is 0 Å². The van der Waals surface area contributed by atoms with Gasteiger partial charge in [-0.15, -0.1) is 0 Å². The second-order valence-corrected chi connectivity index (χ2v) is 18.6. The van der Waals surface area contributed by atoms with Gasteiger partial charge < -0.3 is 39.1 Å². The van der Waals surface area contributed by atoms with Crippen LogP contribution in [-0.2, 0) is 39.8 Å². The Kier molecular flexibility index (Phi) is 8.41. The quantitative estimate of drug-likeness (QED) is 0.181. The summed E-state index contributed by atoms with van der Waals surface area (Å²) in [5, 5.41) is 19.4. The van der Waals surface area contributed by atoms with Gasteiger partial charge in [0, 0.05) is 47.5 Å². The third-order valence-electron chi connectivity index (χ3n) is 16.0. The predicted octanol–water partition coefficient (Wildman–Crippen LogP) is 4.93. The van der Waals surface area contributed by atoms with E-state index >= 15 is 4.79 Å². The molecule has 1 aromatic heterocycles. The first kappa shape index (κ1) is 35.4. The average molecular weight is 723 g/mol. The number of aliphatic hydroxyl groups excluding tert-OH is 1. The van der Waals surface area contributed by atoms with E-state index in [0.717, 1.165) is 75.9 Å². The minimum Gasteiger partial charge on any atom is -0.469 e. The molecule has 286 valence electrons. The SMILES string of the molecule is CC(C)C1CCCC2(C1)OC1CC(=O)OCC13C2C(=O)C(O)C1(C)C3CCC2(C)C(c3ccoc3CCCCCCC3CNCN3)OC(=O)C3OC321. The Labute approximate surface area is 307 Å². The van der Waals surface area contributed by atoms with Crippen molar-refractivity contribution in [1.82, 2.24) is 10.6 Å². The summed E-state index contributed by atoms with van der Waals surface area (Å²) in [6, 6.07) is 2.49. The van der Waals surface area contributed by atoms with E-state index in [1.165, 1.54) is 12.8 Å². The van der Waals surface area contributed by atoms with Gasteiger partial charge in [-0.1, -0.05) is 53.4 Å². The number of ketones is 1. The Morgan fingerprint density at radius 3 is 2.63 bits per heavy atom. The highest BCUT2D eigenvalue weighted by Crippen LogP contribution is 2.80. The van der Waals surface area contributed by atoms with Crippen LogP contribution in [0.1, 0.15) is 122 Å². The molecule has 11 heteroatoms. The smallest absolute Gasteiger partial charge is 0.339 e. The number of Topliss-reactive ketones (excluding diaryl/α,β-unsaturated/α-hetero) is 1. The maximum absolute atomic E-state index is 15.1. The fraction of sp³-hybridized carbons (Fsp3) is 0.829. The molecular weight excluding hydrogens is 664 g/mol. The Morgan fingerprint density at radius 2 is 1.85 bits per heavy atom. The van der Waals surface area contributed by atoms with Crippen molar-refractivity contribution in [3.8, 4) is 0 Å². The minimum absolute atomic E-state index is 0.0826. The van der Waals surface area contributed by atoms with Crippen LogP contribution in [0.15, 0.2) is 16.7 Å². The fourth-order valence-corrected chi connectivity index (χ4v) is 13.5. The number of hydrogen-bond acceptors (Lipinski definition) is 11. The number of unbranched alkanes of at least 4 members (excludes halogenated alkanes) is 3. The monoisotopic (exact) mass is 722 g/mol. The highest BCUT2D eigenvalue weighted by molar-refractivity contribution is 5.92. The Bertz CT molecular complexity index is 1610. The normalized spacial score (nSPS) is 47.7. The number of rotatable bonds is 9. The molecule has 3 spiro atoms. The van der Waals surface area contributed by atoms with Crippen LogP contribution in [0.2, 0.25) is 0 Å². The molecule has 5 saturated heterocycles. The number of furan rings is 1. The van der Waals surface area contributed by atoms with Crippen LogP contribution in [-0.4, -0.2) is 78.2 Å². The Balaban J connectivity index is 1.03. The van der Waals surface area contributed by atoms with Crippen LogP contribution in [0, 0.1) is 39.9 Å². The highest BCUT2D eigenvalue weighted by atomic mass is 16.7. The first-order chi connectivity index (χ1) is 24.9. The zero-order valence-electron chi connectivity index (χ0n) is 31.4. The molecule has 3 aliphatic carbocycles. The number of ether oxygens (including phenoxy) is 4. The molecule has 8 aliphatic rings. The summed E-state index contributed by atoms with van der Waals surface area (Å²) in [4.78, 5) is 42.0. The van der Waals surface area contributed by atoms with E-state index in [0.29, 0.717) is 30.7 Å². The lowest BCUT2D eigenvalue weighted by Gasteiger charge is -2.66. The van der Waals surface area contributed by atoms with Crippen molar-refractivity contribution in [2.75, 3.05) is 19.8 Å². The summed E-state index contributed by atoms with van der Waals surface area (Å²) in [7, 11) is 0. The van der Waals surface area contributed by atoms with Crippen molar-refractivity contribution in [3.63, 3.8) is 0 Å². The van der Waals surface area contributed by atoms with Gasteiger partial charge in [-0.3, -0.25) is 9.59 Å². The molecule has 3 saturated carbocycles. The van der Waals surface area contributed by atoms with Gasteiger partial charge in [0.1, 0.15) is 30.2 Å². The van der Waals surface area contributed by atoms with E-state index in [-0.39, 0.29) is 30.7 Å². The van der Waals surface area contributed by atoms with Crippen molar-refractivity contribution in [3.05, 3.63) is 23.7 Å². The number of aryl methyl sites for hydroxylation is 1. The molecule has 6 heterocycles. The van der Waals surface area contributed by atoms with E-state index in [1.54, 1.807) is 6.26 Å². The predicted molar refractivity (Wildman–Crippen MR) is 188 cm³/mol. The number of nitrogens with one attached hydrogen (secondary N) is 2. The van der Waals surface area contributed by atoms with Gasteiger partial charge in [0.25, 0.3) is 0 Å². The number of epoxide rings is 1. The standard InChI is InChI=1S/C41H58N2O9/c1-23(2)24-10-9-15-39(19-24)32-31(45)33(46)38(4)28(40(32)21-49-30(44)18-29(40)51-39)13-16-37(3)34(50-36(47)35-41(37,38)52-35)26-14-17-48-27(26)12-8-6-5-7-11-25-20-42-22-43-25/h14,17,23-25,28-29,32-35,42-43,46H,5-13,15-16,18-22H2,1-4H3. The maximum atomic E-state index is 15.1. The van der Waals surface area contributed by atoms with Crippen LogP contribution in [0.25, 0.3) is 0 Å². The highest BCUT2D eigenvalue weighted by Gasteiger charge is 2.91. The molecule has 0 aromatic carbocycles. The number of carbonyl (C=O) groups is 3. The van der Waals surface area contributed by atoms with E-state index in [9.17, 15) is 14.7 Å². The van der Waals surface area contributed by atoms with Crippen LogP contribution < -0.4 is 10.6 Å². The zero-order valence-corrected chi connectivity index (χ0v) is 31.4. The molecular formula is C41H58N2O9. The summed E-state index contributed by atoms with van der Waals surface area (Å²) in [5.74, 6) is -0.241. The van der Waals surface area contributed by atoms with E-state index in [2.05, 4.69) is 31.4 Å². The van der Waals surface area contributed by atoms with Gasteiger partial charge in [0.2, 0.25) is 0 Å². The van der Waals surface area contributed by atoms with Gasteiger partial charge in [-0.25, -0.2) is 4.79 Å². The average Bonchev–Trinajstić information content (AvgIpc) is 3.36. The summed E-state index contributed by atoms with van der Waals surface area (Å²) in [5.41, 5.74) is -3.75. The third kappa shape index (κ3) is 4.64. The molecule has 13 unspecified atom stereocenters. The Hall–Kier alpha value is -2.31. The van der Waals surface area contributed by atoms with Crippen molar-refractivity contribution in [1.29, 1.82) is 0 Å². The number of fused-ring (bicyclic) bond motifs is 2. The molecule has 9 rings (SSSR count). The number of carbonyl (C=O) groups excluding carboxylic acids is 3. The van der Waals surface area contributed by atoms with Crippen LogP contribution in [0.5, 0.6) is 0 Å². The van der Waals surface area contributed by atoms with Crippen LogP contribution in [0.3, 0.4) is 0 Å². The first-order valence-electron chi connectivity index (χ1n) is 20.4. The van der Waals surface area contributed by atoms with Gasteiger partial charge >= 0.3 is 11.9 Å². The van der Waals surface area contributed by atoms with Crippen molar-refractivity contribution >= 4 is 17.7 Å². The van der Waals surface area contributed by atoms with Crippen LogP contribution in [0.4, 0.5) is 0 Å². The third-order valence-corrected chi connectivity index (χ3v) is 16.0. The summed E-state index contributed by atoms with van der Waals surface area (Å²) >= 11 is 0. The molecule has 0 amide bonds. The second-order valence-electron chi connectivity index (χ2n) is 18.6. The van der Waals surface area contributed by atoms with Gasteiger partial charge in [-0.05, 0) is 68.8 Å². The second kappa shape index (κ2) is 12.4. The molecule has 0 bridgehead atoms. The number of esters is 2. The van der Waals surface area contributed by atoms with Crippen molar-refractivity contribution in [2.45, 2.75) is 153 Å². The van der Waals surface area contributed by atoms with E-state index in [1.807, 2.05) is 13.0 Å². The topological polar surface area (TPSA) is 149 Å². The number of aliphatic hydroxyl groups is 1. The zero-order chi connectivity index (χ0) is 36.3. The lowest BCUT2D eigenvalue weighted by atomic mass is 9.36.